The van der Waals surface area contributed by atoms with Gasteiger partial charge in [0.05, 0.1) is 11.3 Å². The van der Waals surface area contributed by atoms with Crippen molar-refractivity contribution in [3.63, 3.8) is 0 Å². The van der Waals surface area contributed by atoms with Crippen LogP contribution in [0.4, 0.5) is 5.69 Å². The van der Waals surface area contributed by atoms with Gasteiger partial charge in [-0.2, -0.15) is 0 Å². The Balaban J connectivity index is 2.11. The minimum Gasteiger partial charge on any atom is -0.478 e. The molecule has 108 valence electrons. The lowest BCUT2D eigenvalue weighted by atomic mass is 9.82. The minimum absolute atomic E-state index is 0.0353. The summed E-state index contributed by atoms with van der Waals surface area (Å²) in [4.78, 5) is 23.4. The van der Waals surface area contributed by atoms with Crippen molar-refractivity contribution in [1.82, 2.24) is 0 Å². The maximum Gasteiger partial charge on any atom is 0.337 e. The highest BCUT2D eigenvalue weighted by atomic mass is 35.5. The van der Waals surface area contributed by atoms with Gasteiger partial charge in [-0.1, -0.05) is 18.5 Å². The molecule has 0 aliphatic heterocycles. The molecule has 1 fully saturated rings. The molecule has 0 spiro atoms. The molecule has 0 unspecified atom stereocenters. The first-order valence-corrected chi connectivity index (χ1v) is 7.19. The zero-order valence-electron chi connectivity index (χ0n) is 11.4. The largest absolute Gasteiger partial charge is 0.478 e. The van der Waals surface area contributed by atoms with E-state index in [4.69, 9.17) is 16.7 Å². The monoisotopic (exact) mass is 295 g/mol. The summed E-state index contributed by atoms with van der Waals surface area (Å²) < 4.78 is 0. The van der Waals surface area contributed by atoms with Crippen molar-refractivity contribution < 1.29 is 14.7 Å². The van der Waals surface area contributed by atoms with Crippen molar-refractivity contribution in [2.45, 2.75) is 32.6 Å². The van der Waals surface area contributed by atoms with Crippen molar-refractivity contribution in [3.05, 3.63) is 28.8 Å². The Morgan fingerprint density at radius 1 is 1.25 bits per heavy atom. The zero-order valence-corrected chi connectivity index (χ0v) is 12.1. The van der Waals surface area contributed by atoms with E-state index >= 15 is 0 Å². The van der Waals surface area contributed by atoms with Crippen LogP contribution >= 0.6 is 11.6 Å². The molecule has 4 nitrogen and oxygen atoms in total. The Morgan fingerprint density at radius 2 is 1.90 bits per heavy atom. The summed E-state index contributed by atoms with van der Waals surface area (Å²) in [5, 5.41) is 12.2. The van der Waals surface area contributed by atoms with Gasteiger partial charge in [0.1, 0.15) is 0 Å². The predicted molar refractivity (Wildman–Crippen MR) is 78.2 cm³/mol. The van der Waals surface area contributed by atoms with Crippen LogP contribution < -0.4 is 5.32 Å². The number of benzene rings is 1. The predicted octanol–water partition coefficient (Wildman–Crippen LogP) is 3.80. The summed E-state index contributed by atoms with van der Waals surface area (Å²) in [6, 6.07) is 4.39. The first-order chi connectivity index (χ1) is 9.47. The number of carbonyl (C=O) groups is 2. The summed E-state index contributed by atoms with van der Waals surface area (Å²) >= 11 is 5.87. The van der Waals surface area contributed by atoms with Crippen LogP contribution in [0.5, 0.6) is 0 Å². The van der Waals surface area contributed by atoms with E-state index in [9.17, 15) is 9.59 Å². The first kappa shape index (κ1) is 14.9. The second kappa shape index (κ2) is 6.27. The number of halogens is 1. The van der Waals surface area contributed by atoms with Gasteiger partial charge in [-0.25, -0.2) is 4.79 Å². The minimum atomic E-state index is -1.07. The van der Waals surface area contributed by atoms with Crippen LogP contribution in [-0.2, 0) is 4.79 Å². The van der Waals surface area contributed by atoms with E-state index < -0.39 is 5.97 Å². The standard InChI is InChI=1S/C15H18ClNO3/c1-9-2-4-10(5-3-9)14(18)17-13-8-11(16)6-7-12(13)15(19)20/h6-10H,2-5H2,1H3,(H,17,18)(H,19,20). The highest BCUT2D eigenvalue weighted by Crippen LogP contribution is 2.30. The highest BCUT2D eigenvalue weighted by molar-refractivity contribution is 6.31. The summed E-state index contributed by atoms with van der Waals surface area (Å²) in [5.74, 6) is -0.553. The molecule has 0 aromatic heterocycles. The molecular weight excluding hydrogens is 278 g/mol. The molecule has 0 radical (unpaired) electrons. The maximum atomic E-state index is 12.2. The molecule has 5 heteroatoms. The van der Waals surface area contributed by atoms with Crippen LogP contribution in [0.25, 0.3) is 0 Å². The fourth-order valence-electron chi connectivity index (χ4n) is 2.56. The number of amides is 1. The van der Waals surface area contributed by atoms with Gasteiger partial charge in [0.2, 0.25) is 5.91 Å². The third-order valence-corrected chi connectivity index (χ3v) is 4.09. The Morgan fingerprint density at radius 3 is 2.50 bits per heavy atom. The number of carboxylic acid groups (broad SMARTS) is 1. The molecule has 1 saturated carbocycles. The third-order valence-electron chi connectivity index (χ3n) is 3.86. The van der Waals surface area contributed by atoms with E-state index in [1.165, 1.54) is 18.2 Å². The number of carboxylic acids is 1. The van der Waals surface area contributed by atoms with Crippen molar-refractivity contribution in [2.24, 2.45) is 11.8 Å². The van der Waals surface area contributed by atoms with Gasteiger partial charge in [-0.05, 0) is 49.8 Å². The molecule has 1 amide bonds. The van der Waals surface area contributed by atoms with Crippen molar-refractivity contribution >= 4 is 29.2 Å². The summed E-state index contributed by atoms with van der Waals surface area (Å²) in [6.07, 6.45) is 3.80. The van der Waals surface area contributed by atoms with Gasteiger partial charge < -0.3 is 10.4 Å². The van der Waals surface area contributed by atoms with Crippen LogP contribution in [-0.4, -0.2) is 17.0 Å². The molecule has 0 saturated heterocycles. The molecule has 0 heterocycles. The van der Waals surface area contributed by atoms with E-state index in [0.717, 1.165) is 25.7 Å². The highest BCUT2D eigenvalue weighted by Gasteiger charge is 2.25. The lowest BCUT2D eigenvalue weighted by Gasteiger charge is -2.25. The molecular formula is C15H18ClNO3. The molecule has 2 rings (SSSR count). The van der Waals surface area contributed by atoms with E-state index in [1.54, 1.807) is 0 Å². The third kappa shape index (κ3) is 3.51. The Labute approximate surface area is 123 Å². The van der Waals surface area contributed by atoms with Crippen LogP contribution in [0.3, 0.4) is 0 Å². The Kier molecular flexibility index (Phi) is 4.65. The molecule has 1 aliphatic rings. The molecule has 1 aromatic carbocycles. The summed E-state index contributed by atoms with van der Waals surface area (Å²) in [5.41, 5.74) is 0.334. The van der Waals surface area contributed by atoms with E-state index in [2.05, 4.69) is 12.2 Å². The van der Waals surface area contributed by atoms with E-state index in [1.807, 2.05) is 0 Å². The lowest BCUT2D eigenvalue weighted by Crippen LogP contribution is -2.27. The first-order valence-electron chi connectivity index (χ1n) is 6.81. The molecule has 1 aliphatic carbocycles. The number of nitrogens with one attached hydrogen (secondary N) is 1. The molecule has 20 heavy (non-hydrogen) atoms. The maximum absolute atomic E-state index is 12.2. The van der Waals surface area contributed by atoms with E-state index in [-0.39, 0.29) is 23.1 Å². The Hall–Kier alpha value is -1.55. The van der Waals surface area contributed by atoms with Crippen molar-refractivity contribution in [2.75, 3.05) is 5.32 Å². The second-order valence-corrected chi connectivity index (χ2v) is 5.88. The quantitative estimate of drug-likeness (QED) is 0.891. The van der Waals surface area contributed by atoms with Crippen LogP contribution in [0.2, 0.25) is 5.02 Å². The van der Waals surface area contributed by atoms with Gasteiger partial charge >= 0.3 is 5.97 Å². The van der Waals surface area contributed by atoms with Crippen LogP contribution in [0, 0.1) is 11.8 Å². The zero-order chi connectivity index (χ0) is 14.7. The van der Waals surface area contributed by atoms with Gasteiger partial charge in [0.25, 0.3) is 0 Å². The smallest absolute Gasteiger partial charge is 0.337 e. The molecule has 2 N–H and O–H groups in total. The molecule has 0 bridgehead atoms. The van der Waals surface area contributed by atoms with Gasteiger partial charge in [-0.15, -0.1) is 0 Å². The van der Waals surface area contributed by atoms with Crippen molar-refractivity contribution in [3.8, 4) is 0 Å². The van der Waals surface area contributed by atoms with Crippen LogP contribution in [0.1, 0.15) is 43.0 Å². The number of hydrogen-bond acceptors (Lipinski definition) is 2. The number of anilines is 1. The second-order valence-electron chi connectivity index (χ2n) is 5.44. The van der Waals surface area contributed by atoms with E-state index in [0.29, 0.717) is 10.9 Å². The number of aromatic carboxylic acids is 1. The van der Waals surface area contributed by atoms with Crippen molar-refractivity contribution in [1.29, 1.82) is 0 Å². The lowest BCUT2D eigenvalue weighted by molar-refractivity contribution is -0.121. The topological polar surface area (TPSA) is 66.4 Å². The number of carbonyl (C=O) groups excluding carboxylic acids is 1. The average molecular weight is 296 g/mol. The van der Waals surface area contributed by atoms with Gasteiger partial charge in [0.15, 0.2) is 0 Å². The summed E-state index contributed by atoms with van der Waals surface area (Å²) in [6.45, 7) is 2.19. The Bertz CT molecular complexity index is 522. The van der Waals surface area contributed by atoms with Gasteiger partial charge in [0, 0.05) is 10.9 Å². The summed E-state index contributed by atoms with van der Waals surface area (Å²) in [7, 11) is 0. The number of hydrogen-bond donors (Lipinski definition) is 2. The molecule has 0 atom stereocenters. The molecule has 1 aromatic rings. The normalized spacial score (nSPS) is 22.3. The fraction of sp³-hybridized carbons (Fsp3) is 0.467. The number of rotatable bonds is 3. The fourth-order valence-corrected chi connectivity index (χ4v) is 2.74. The van der Waals surface area contributed by atoms with Crippen LogP contribution in [0.15, 0.2) is 18.2 Å². The average Bonchev–Trinajstić information content (AvgIpc) is 2.39. The van der Waals surface area contributed by atoms with Gasteiger partial charge in [-0.3, -0.25) is 4.79 Å². The SMILES string of the molecule is CC1CCC(C(=O)Nc2cc(Cl)ccc2C(=O)O)CC1.